The van der Waals surface area contributed by atoms with Crippen molar-refractivity contribution < 1.29 is 22.4 Å². The highest BCUT2D eigenvalue weighted by molar-refractivity contribution is 5.89. The third kappa shape index (κ3) is 3.52. The number of urea groups is 1. The smallest absolute Gasteiger partial charge is 0.322 e. The molecule has 0 aliphatic carbocycles. The summed E-state index contributed by atoms with van der Waals surface area (Å²) in [5.74, 6) is -3.10. The largest absolute Gasteiger partial charge is 0.363 e. The van der Waals surface area contributed by atoms with Gasteiger partial charge in [0.25, 0.3) is 0 Å². The molecule has 3 rings (SSSR count). The van der Waals surface area contributed by atoms with Crippen molar-refractivity contribution in [3.8, 4) is 0 Å². The number of halogens is 4. The van der Waals surface area contributed by atoms with E-state index in [-0.39, 0.29) is 31.9 Å². The molecule has 2 amide bonds. The molecular formula is C17H15F4N3O. The molecule has 0 atom stereocenters. The van der Waals surface area contributed by atoms with Crippen LogP contribution in [0.15, 0.2) is 36.4 Å². The Bertz CT molecular complexity index is 751. The van der Waals surface area contributed by atoms with Gasteiger partial charge in [-0.25, -0.2) is 22.4 Å². The van der Waals surface area contributed by atoms with Crippen LogP contribution in [0.25, 0.3) is 0 Å². The molecule has 0 aromatic heterocycles. The topological polar surface area (TPSA) is 35.6 Å². The Morgan fingerprint density at radius 3 is 1.80 bits per heavy atom. The monoisotopic (exact) mass is 353 g/mol. The molecule has 1 N–H and O–H groups in total. The first-order chi connectivity index (χ1) is 12.0. The molecule has 0 saturated carbocycles. The molecule has 4 nitrogen and oxygen atoms in total. The fourth-order valence-electron chi connectivity index (χ4n) is 2.73. The van der Waals surface area contributed by atoms with Crippen LogP contribution in [0, 0.1) is 23.3 Å². The molecule has 132 valence electrons. The first-order valence-electron chi connectivity index (χ1n) is 7.66. The van der Waals surface area contributed by atoms with Crippen LogP contribution in [0.5, 0.6) is 0 Å². The van der Waals surface area contributed by atoms with Crippen molar-refractivity contribution >= 4 is 17.4 Å². The number of rotatable bonds is 2. The zero-order valence-electron chi connectivity index (χ0n) is 13.1. The molecule has 8 heteroatoms. The second-order valence-corrected chi connectivity index (χ2v) is 5.57. The maximum atomic E-state index is 13.8. The van der Waals surface area contributed by atoms with Crippen molar-refractivity contribution in [3.63, 3.8) is 0 Å². The van der Waals surface area contributed by atoms with Gasteiger partial charge in [0.15, 0.2) is 0 Å². The first kappa shape index (κ1) is 17.1. The van der Waals surface area contributed by atoms with Crippen molar-refractivity contribution in [3.05, 3.63) is 59.7 Å². The van der Waals surface area contributed by atoms with Gasteiger partial charge in [0, 0.05) is 26.2 Å². The lowest BCUT2D eigenvalue weighted by Gasteiger charge is -2.36. The SMILES string of the molecule is O=C(Nc1c(F)cccc1F)N1CCN(c2c(F)cccc2F)CC1. The van der Waals surface area contributed by atoms with Crippen molar-refractivity contribution in [1.82, 2.24) is 4.90 Å². The number of hydrogen-bond acceptors (Lipinski definition) is 2. The van der Waals surface area contributed by atoms with E-state index in [9.17, 15) is 22.4 Å². The van der Waals surface area contributed by atoms with Gasteiger partial charge in [-0.05, 0) is 24.3 Å². The summed E-state index contributed by atoms with van der Waals surface area (Å²) >= 11 is 0. The number of hydrogen-bond donors (Lipinski definition) is 1. The van der Waals surface area contributed by atoms with E-state index < -0.39 is 35.0 Å². The molecule has 0 unspecified atom stereocenters. The van der Waals surface area contributed by atoms with E-state index in [1.807, 2.05) is 0 Å². The molecule has 0 radical (unpaired) electrons. The Morgan fingerprint density at radius 2 is 1.28 bits per heavy atom. The lowest BCUT2D eigenvalue weighted by Crippen LogP contribution is -2.50. The number of carbonyl (C=O) groups excluding carboxylic acids is 1. The number of para-hydroxylation sites is 2. The van der Waals surface area contributed by atoms with Gasteiger partial charge < -0.3 is 15.1 Å². The summed E-state index contributed by atoms with van der Waals surface area (Å²) in [4.78, 5) is 15.0. The summed E-state index contributed by atoms with van der Waals surface area (Å²) in [5.41, 5.74) is -0.655. The summed E-state index contributed by atoms with van der Waals surface area (Å²) in [6, 6.07) is 6.22. The predicted molar refractivity (Wildman–Crippen MR) is 85.5 cm³/mol. The van der Waals surface area contributed by atoms with Gasteiger partial charge in [0.2, 0.25) is 0 Å². The van der Waals surface area contributed by atoms with Crippen LogP contribution < -0.4 is 10.2 Å². The summed E-state index contributed by atoms with van der Waals surface area (Å²) < 4.78 is 54.8. The Morgan fingerprint density at radius 1 is 0.800 bits per heavy atom. The van der Waals surface area contributed by atoms with Gasteiger partial charge in [-0.2, -0.15) is 0 Å². The van der Waals surface area contributed by atoms with Gasteiger partial charge in [-0.15, -0.1) is 0 Å². The van der Waals surface area contributed by atoms with E-state index in [2.05, 4.69) is 5.32 Å². The van der Waals surface area contributed by atoms with Crippen molar-refractivity contribution in [2.75, 3.05) is 36.4 Å². The van der Waals surface area contributed by atoms with E-state index in [0.29, 0.717) is 0 Å². The molecule has 2 aromatic carbocycles. The fraction of sp³-hybridized carbons (Fsp3) is 0.235. The highest BCUT2D eigenvalue weighted by atomic mass is 19.1. The summed E-state index contributed by atoms with van der Waals surface area (Å²) in [6.45, 7) is 0.724. The summed E-state index contributed by atoms with van der Waals surface area (Å²) in [5, 5.41) is 2.20. The highest BCUT2D eigenvalue weighted by Gasteiger charge is 2.25. The Labute approximate surface area is 141 Å². The number of carbonyl (C=O) groups is 1. The van der Waals surface area contributed by atoms with E-state index in [1.54, 1.807) is 0 Å². The number of nitrogens with zero attached hydrogens (tertiary/aromatic N) is 2. The quantitative estimate of drug-likeness (QED) is 0.838. The van der Waals surface area contributed by atoms with Crippen LogP contribution in [0.3, 0.4) is 0 Å². The summed E-state index contributed by atoms with van der Waals surface area (Å²) in [7, 11) is 0. The van der Waals surface area contributed by atoms with Gasteiger partial charge in [0.05, 0.1) is 0 Å². The van der Waals surface area contributed by atoms with Crippen LogP contribution in [0.4, 0.5) is 33.7 Å². The van der Waals surface area contributed by atoms with E-state index in [4.69, 9.17) is 0 Å². The lowest BCUT2D eigenvalue weighted by molar-refractivity contribution is 0.207. The fourth-order valence-corrected chi connectivity index (χ4v) is 2.73. The number of benzene rings is 2. The number of amides is 2. The Hall–Kier alpha value is -2.77. The molecule has 2 aromatic rings. The van der Waals surface area contributed by atoms with Gasteiger partial charge in [-0.3, -0.25) is 0 Å². The Balaban J connectivity index is 1.65. The molecule has 1 heterocycles. The van der Waals surface area contributed by atoms with Crippen molar-refractivity contribution in [1.29, 1.82) is 0 Å². The lowest BCUT2D eigenvalue weighted by atomic mass is 10.2. The second-order valence-electron chi connectivity index (χ2n) is 5.57. The first-order valence-corrected chi connectivity index (χ1v) is 7.66. The molecule has 25 heavy (non-hydrogen) atoms. The minimum Gasteiger partial charge on any atom is -0.363 e. The molecule has 0 bridgehead atoms. The zero-order chi connectivity index (χ0) is 18.0. The van der Waals surface area contributed by atoms with Crippen LogP contribution in [-0.4, -0.2) is 37.1 Å². The van der Waals surface area contributed by atoms with Gasteiger partial charge in [0.1, 0.15) is 34.6 Å². The standard InChI is InChI=1S/C17H15F4N3O/c18-11-3-1-4-12(19)15(11)22-17(25)24-9-7-23(8-10-24)16-13(20)5-2-6-14(16)21/h1-6H,7-10H2,(H,22,25). The number of nitrogens with one attached hydrogen (secondary N) is 1. The predicted octanol–water partition coefficient (Wildman–Crippen LogP) is 3.60. The Kier molecular flexibility index (Phi) is 4.78. The second kappa shape index (κ2) is 7.00. The molecule has 1 aliphatic heterocycles. The molecule has 0 spiro atoms. The molecule has 1 saturated heterocycles. The van der Waals surface area contributed by atoms with E-state index in [1.165, 1.54) is 34.1 Å². The average Bonchev–Trinajstić information content (AvgIpc) is 2.58. The number of anilines is 2. The van der Waals surface area contributed by atoms with Crippen molar-refractivity contribution in [2.45, 2.75) is 0 Å². The van der Waals surface area contributed by atoms with Gasteiger partial charge >= 0.3 is 6.03 Å². The molecule has 1 aliphatic rings. The minimum absolute atomic E-state index is 0.136. The third-order valence-corrected chi connectivity index (χ3v) is 4.02. The maximum absolute atomic E-state index is 13.8. The van der Waals surface area contributed by atoms with Crippen LogP contribution in [-0.2, 0) is 0 Å². The third-order valence-electron chi connectivity index (χ3n) is 4.02. The van der Waals surface area contributed by atoms with E-state index in [0.717, 1.165) is 12.1 Å². The highest BCUT2D eigenvalue weighted by Crippen LogP contribution is 2.25. The van der Waals surface area contributed by atoms with Crippen LogP contribution in [0.1, 0.15) is 0 Å². The normalized spacial score (nSPS) is 14.6. The van der Waals surface area contributed by atoms with Crippen LogP contribution >= 0.6 is 0 Å². The van der Waals surface area contributed by atoms with Gasteiger partial charge in [-0.1, -0.05) is 12.1 Å². The minimum atomic E-state index is -0.875. The maximum Gasteiger partial charge on any atom is 0.322 e. The molecule has 1 fully saturated rings. The van der Waals surface area contributed by atoms with E-state index >= 15 is 0 Å². The van der Waals surface area contributed by atoms with Crippen molar-refractivity contribution in [2.24, 2.45) is 0 Å². The summed E-state index contributed by atoms with van der Waals surface area (Å²) in [6.07, 6.45) is 0. The average molecular weight is 353 g/mol. The van der Waals surface area contributed by atoms with Crippen LogP contribution in [0.2, 0.25) is 0 Å². The number of piperazine rings is 1. The zero-order valence-corrected chi connectivity index (χ0v) is 13.1. The molecular weight excluding hydrogens is 338 g/mol.